The highest BCUT2D eigenvalue weighted by molar-refractivity contribution is 5.94. The van der Waals surface area contributed by atoms with Gasteiger partial charge < -0.3 is 20.0 Å². The van der Waals surface area contributed by atoms with Crippen LogP contribution in [0.4, 0.5) is 0 Å². The van der Waals surface area contributed by atoms with Crippen LogP contribution in [0, 0.1) is 5.92 Å². The largest absolute Gasteiger partial charge is 0.436 e. The lowest BCUT2D eigenvalue weighted by Crippen LogP contribution is -2.42. The Labute approximate surface area is 198 Å². The predicted molar refractivity (Wildman–Crippen MR) is 129 cm³/mol. The number of nitrogens with one attached hydrogen (secondary N) is 2. The Hall–Kier alpha value is -3.68. The average molecular weight is 463 g/mol. The molecule has 3 aromatic rings. The molecule has 8 nitrogen and oxygen atoms in total. The van der Waals surface area contributed by atoms with Gasteiger partial charge >= 0.3 is 0 Å². The number of rotatable bonds is 7. The number of fused-ring (bicyclic) bond motifs is 1. The molecule has 0 radical (unpaired) electrons. The SMILES string of the molecule is CC(=O)NCC(C)C(=O)N[C@H]1CC[C@@H](N(C)C(=O)c2ccc(-c3nc4ccccc4o3)cc2)C1. The Kier molecular flexibility index (Phi) is 6.95. The van der Waals surface area contributed by atoms with E-state index in [9.17, 15) is 14.4 Å². The molecule has 2 aromatic carbocycles. The second-order valence-corrected chi connectivity index (χ2v) is 8.99. The van der Waals surface area contributed by atoms with Gasteiger partial charge in [-0.05, 0) is 55.7 Å². The van der Waals surface area contributed by atoms with Gasteiger partial charge in [-0.15, -0.1) is 0 Å². The standard InChI is InChI=1S/C26H30N4O4/c1-16(15-27-17(2)31)24(32)28-20-12-13-21(14-20)30(3)26(33)19-10-8-18(9-11-19)25-29-22-6-4-5-7-23(22)34-25/h4-11,16,20-21H,12-15H2,1-3H3,(H,27,31)(H,28,32)/t16?,20-,21+/m0/s1. The maximum atomic E-state index is 13.1. The van der Waals surface area contributed by atoms with Crippen LogP contribution in [-0.4, -0.2) is 53.3 Å². The van der Waals surface area contributed by atoms with Gasteiger partial charge in [-0.2, -0.15) is 0 Å². The van der Waals surface area contributed by atoms with Crippen LogP contribution in [0.1, 0.15) is 43.5 Å². The normalized spacial score (nSPS) is 18.4. The smallest absolute Gasteiger partial charge is 0.253 e. The Balaban J connectivity index is 1.33. The summed E-state index contributed by atoms with van der Waals surface area (Å²) in [5, 5.41) is 5.73. The lowest BCUT2D eigenvalue weighted by Gasteiger charge is -2.25. The summed E-state index contributed by atoms with van der Waals surface area (Å²) in [4.78, 5) is 42.8. The molecular formula is C26H30N4O4. The molecule has 1 aliphatic carbocycles. The molecule has 1 heterocycles. The second kappa shape index (κ2) is 10.1. The molecule has 3 amide bonds. The van der Waals surface area contributed by atoms with Gasteiger partial charge in [0, 0.05) is 43.7 Å². The summed E-state index contributed by atoms with van der Waals surface area (Å²) in [5.74, 6) is -0.0661. The summed E-state index contributed by atoms with van der Waals surface area (Å²) < 4.78 is 5.81. The molecule has 1 unspecified atom stereocenters. The highest BCUT2D eigenvalue weighted by Gasteiger charge is 2.31. The number of benzene rings is 2. The number of aromatic nitrogens is 1. The summed E-state index contributed by atoms with van der Waals surface area (Å²) in [6.45, 7) is 3.54. The zero-order valence-electron chi connectivity index (χ0n) is 19.7. The van der Waals surface area contributed by atoms with Crippen molar-refractivity contribution < 1.29 is 18.8 Å². The van der Waals surface area contributed by atoms with Crippen molar-refractivity contribution >= 4 is 28.8 Å². The summed E-state index contributed by atoms with van der Waals surface area (Å²) in [5.41, 5.74) is 2.93. The molecule has 0 saturated heterocycles. The van der Waals surface area contributed by atoms with E-state index in [0.29, 0.717) is 24.4 Å². The molecular weight excluding hydrogens is 432 g/mol. The van der Waals surface area contributed by atoms with Crippen LogP contribution in [0.15, 0.2) is 52.9 Å². The fourth-order valence-corrected chi connectivity index (χ4v) is 4.29. The monoisotopic (exact) mass is 462 g/mol. The van der Waals surface area contributed by atoms with Crippen LogP contribution in [0.25, 0.3) is 22.6 Å². The van der Waals surface area contributed by atoms with Gasteiger partial charge in [0.05, 0.1) is 5.92 Å². The first-order valence-electron chi connectivity index (χ1n) is 11.6. The number of carbonyl (C=O) groups is 3. The predicted octanol–water partition coefficient (Wildman–Crippen LogP) is 3.38. The van der Waals surface area contributed by atoms with Crippen molar-refractivity contribution in [1.29, 1.82) is 0 Å². The third-order valence-electron chi connectivity index (χ3n) is 6.40. The van der Waals surface area contributed by atoms with E-state index in [0.717, 1.165) is 29.5 Å². The van der Waals surface area contributed by atoms with Gasteiger partial charge in [-0.25, -0.2) is 4.98 Å². The molecule has 2 N–H and O–H groups in total. The van der Waals surface area contributed by atoms with E-state index in [2.05, 4.69) is 15.6 Å². The molecule has 1 aromatic heterocycles. The number of nitrogens with zero attached hydrogens (tertiary/aromatic N) is 2. The number of amides is 3. The van der Waals surface area contributed by atoms with Crippen LogP contribution in [-0.2, 0) is 9.59 Å². The molecule has 1 saturated carbocycles. The van der Waals surface area contributed by atoms with Crippen molar-refractivity contribution in [2.75, 3.05) is 13.6 Å². The van der Waals surface area contributed by atoms with Crippen LogP contribution in [0.2, 0.25) is 0 Å². The Morgan fingerprint density at radius 1 is 1.12 bits per heavy atom. The lowest BCUT2D eigenvalue weighted by molar-refractivity contribution is -0.125. The van der Waals surface area contributed by atoms with E-state index in [-0.39, 0.29) is 35.7 Å². The van der Waals surface area contributed by atoms with Gasteiger partial charge in [0.25, 0.3) is 5.91 Å². The first-order valence-corrected chi connectivity index (χ1v) is 11.6. The van der Waals surface area contributed by atoms with Crippen molar-refractivity contribution in [3.8, 4) is 11.5 Å². The highest BCUT2D eigenvalue weighted by atomic mass is 16.3. The van der Waals surface area contributed by atoms with Crippen LogP contribution in [0.3, 0.4) is 0 Å². The van der Waals surface area contributed by atoms with E-state index in [1.165, 1.54) is 6.92 Å². The zero-order chi connectivity index (χ0) is 24.2. The Morgan fingerprint density at radius 3 is 2.56 bits per heavy atom. The van der Waals surface area contributed by atoms with Gasteiger partial charge in [0.15, 0.2) is 5.58 Å². The second-order valence-electron chi connectivity index (χ2n) is 8.99. The Morgan fingerprint density at radius 2 is 1.85 bits per heavy atom. The Bertz CT molecular complexity index is 1150. The molecule has 34 heavy (non-hydrogen) atoms. The van der Waals surface area contributed by atoms with Crippen molar-refractivity contribution in [2.24, 2.45) is 5.92 Å². The molecule has 178 valence electrons. The van der Waals surface area contributed by atoms with E-state index in [1.807, 2.05) is 43.4 Å². The van der Waals surface area contributed by atoms with Crippen molar-refractivity contribution in [1.82, 2.24) is 20.5 Å². The quantitative estimate of drug-likeness (QED) is 0.560. The van der Waals surface area contributed by atoms with E-state index in [1.54, 1.807) is 24.0 Å². The fraction of sp³-hybridized carbons (Fsp3) is 0.385. The minimum Gasteiger partial charge on any atom is -0.436 e. The minimum absolute atomic E-state index is 0.0223. The van der Waals surface area contributed by atoms with Crippen molar-refractivity contribution in [2.45, 2.75) is 45.2 Å². The van der Waals surface area contributed by atoms with Crippen molar-refractivity contribution in [3.05, 3.63) is 54.1 Å². The van der Waals surface area contributed by atoms with E-state index in [4.69, 9.17) is 4.42 Å². The molecule has 0 spiro atoms. The molecule has 0 aliphatic heterocycles. The van der Waals surface area contributed by atoms with Gasteiger partial charge in [0.2, 0.25) is 17.7 Å². The highest BCUT2D eigenvalue weighted by Crippen LogP contribution is 2.27. The topological polar surface area (TPSA) is 105 Å². The third kappa shape index (κ3) is 5.27. The first kappa shape index (κ1) is 23.5. The molecule has 1 fully saturated rings. The van der Waals surface area contributed by atoms with Crippen LogP contribution in [0.5, 0.6) is 0 Å². The molecule has 8 heteroatoms. The first-order chi connectivity index (χ1) is 16.3. The van der Waals surface area contributed by atoms with Gasteiger partial charge in [0.1, 0.15) is 5.52 Å². The average Bonchev–Trinajstić information content (AvgIpc) is 3.48. The van der Waals surface area contributed by atoms with Crippen molar-refractivity contribution in [3.63, 3.8) is 0 Å². The number of oxazole rings is 1. The molecule has 1 aliphatic rings. The maximum absolute atomic E-state index is 13.1. The zero-order valence-corrected chi connectivity index (χ0v) is 19.7. The van der Waals surface area contributed by atoms with Gasteiger partial charge in [-0.3, -0.25) is 14.4 Å². The molecule has 4 rings (SSSR count). The summed E-state index contributed by atoms with van der Waals surface area (Å²) in [6.07, 6.45) is 2.35. The number of hydrogen-bond donors (Lipinski definition) is 2. The van der Waals surface area contributed by atoms with Crippen LogP contribution < -0.4 is 10.6 Å². The lowest BCUT2D eigenvalue weighted by atomic mass is 10.1. The number of hydrogen-bond acceptors (Lipinski definition) is 5. The van der Waals surface area contributed by atoms with E-state index < -0.39 is 0 Å². The summed E-state index contributed by atoms with van der Waals surface area (Å²) >= 11 is 0. The number of carbonyl (C=O) groups excluding carboxylic acids is 3. The fourth-order valence-electron chi connectivity index (χ4n) is 4.29. The summed E-state index contributed by atoms with van der Waals surface area (Å²) in [6, 6.07) is 14.9. The third-order valence-corrected chi connectivity index (χ3v) is 6.40. The minimum atomic E-state index is -0.304. The molecule has 3 atom stereocenters. The number of para-hydroxylation sites is 2. The van der Waals surface area contributed by atoms with Gasteiger partial charge in [-0.1, -0.05) is 19.1 Å². The maximum Gasteiger partial charge on any atom is 0.253 e. The molecule has 0 bridgehead atoms. The van der Waals surface area contributed by atoms with Crippen LogP contribution >= 0.6 is 0 Å². The summed E-state index contributed by atoms with van der Waals surface area (Å²) in [7, 11) is 1.81. The van der Waals surface area contributed by atoms with E-state index >= 15 is 0 Å².